The summed E-state index contributed by atoms with van der Waals surface area (Å²) in [5.41, 5.74) is 0.930. The zero-order valence-corrected chi connectivity index (χ0v) is 9.38. The van der Waals surface area contributed by atoms with Crippen LogP contribution in [0.4, 0.5) is 0 Å². The molecule has 0 amide bonds. The molecule has 1 atom stereocenters. The van der Waals surface area contributed by atoms with Gasteiger partial charge in [-0.2, -0.15) is 0 Å². The zero-order valence-electron chi connectivity index (χ0n) is 8.63. The average Bonchev–Trinajstić information content (AvgIpc) is 3.13. The molecule has 1 saturated carbocycles. The van der Waals surface area contributed by atoms with E-state index >= 15 is 0 Å². The number of hydrogen-bond donors (Lipinski definition) is 0. The van der Waals surface area contributed by atoms with Crippen molar-refractivity contribution in [1.82, 2.24) is 0 Å². The lowest BCUT2D eigenvalue weighted by molar-refractivity contribution is 0.00552. The maximum atomic E-state index is 5.87. The van der Waals surface area contributed by atoms with Crippen molar-refractivity contribution in [3.05, 3.63) is 34.9 Å². The van der Waals surface area contributed by atoms with Crippen molar-refractivity contribution >= 4 is 11.6 Å². The molecule has 0 spiro atoms. The molecule has 80 valence electrons. The highest BCUT2D eigenvalue weighted by molar-refractivity contribution is 6.30. The molecule has 2 aliphatic rings. The van der Waals surface area contributed by atoms with Gasteiger partial charge in [-0.3, -0.25) is 0 Å². The number of hydrogen-bond acceptors (Lipinski definition) is 2. The predicted octanol–water partition coefficient (Wildman–Crippen LogP) is 2.74. The first-order valence-electron chi connectivity index (χ1n) is 5.18. The van der Waals surface area contributed by atoms with Crippen LogP contribution in [0, 0.1) is 0 Å². The second-order valence-electron chi connectivity index (χ2n) is 4.32. The second kappa shape index (κ2) is 2.97. The van der Waals surface area contributed by atoms with Gasteiger partial charge in [-0.1, -0.05) is 23.7 Å². The first kappa shape index (κ1) is 9.64. The van der Waals surface area contributed by atoms with Crippen molar-refractivity contribution in [3.63, 3.8) is 0 Å². The summed E-state index contributed by atoms with van der Waals surface area (Å²) < 4.78 is 11.3. The molecule has 2 fully saturated rings. The van der Waals surface area contributed by atoms with Gasteiger partial charge < -0.3 is 9.47 Å². The molecule has 0 radical (unpaired) electrons. The highest BCUT2D eigenvalue weighted by Crippen LogP contribution is 2.61. The Morgan fingerprint density at radius 2 is 1.87 bits per heavy atom. The Labute approximate surface area is 94.1 Å². The number of ether oxygens (including phenoxy) is 2. The van der Waals surface area contributed by atoms with E-state index in [9.17, 15) is 0 Å². The van der Waals surface area contributed by atoms with E-state index in [1.54, 1.807) is 7.11 Å². The number of rotatable bonds is 3. The quantitative estimate of drug-likeness (QED) is 0.737. The molecule has 0 N–H and O–H groups in total. The van der Waals surface area contributed by atoms with Crippen molar-refractivity contribution in [2.24, 2.45) is 0 Å². The van der Waals surface area contributed by atoms with E-state index in [-0.39, 0.29) is 11.2 Å². The lowest BCUT2D eigenvalue weighted by Gasteiger charge is -2.22. The fourth-order valence-corrected chi connectivity index (χ4v) is 2.50. The van der Waals surface area contributed by atoms with Crippen LogP contribution in [-0.4, -0.2) is 19.3 Å². The highest BCUT2D eigenvalue weighted by atomic mass is 35.5. The van der Waals surface area contributed by atoms with E-state index in [0.717, 1.165) is 24.5 Å². The fourth-order valence-electron chi connectivity index (χ4n) is 2.37. The molecular formula is C12H13ClO2. The van der Waals surface area contributed by atoms with Gasteiger partial charge >= 0.3 is 0 Å². The second-order valence-corrected chi connectivity index (χ2v) is 4.76. The van der Waals surface area contributed by atoms with E-state index in [4.69, 9.17) is 21.1 Å². The van der Waals surface area contributed by atoms with Gasteiger partial charge in [0.05, 0.1) is 6.61 Å². The van der Waals surface area contributed by atoms with Gasteiger partial charge in [-0.05, 0) is 30.5 Å². The monoisotopic (exact) mass is 224 g/mol. The summed E-state index contributed by atoms with van der Waals surface area (Å²) in [5, 5.41) is 0.761. The van der Waals surface area contributed by atoms with Crippen LogP contribution in [0.5, 0.6) is 0 Å². The Kier molecular flexibility index (Phi) is 1.91. The predicted molar refractivity (Wildman–Crippen MR) is 58.1 cm³/mol. The van der Waals surface area contributed by atoms with Crippen molar-refractivity contribution in [2.45, 2.75) is 24.0 Å². The summed E-state index contributed by atoms with van der Waals surface area (Å²) in [5.74, 6) is 0. The minimum Gasteiger partial charge on any atom is -0.375 e. The van der Waals surface area contributed by atoms with E-state index in [2.05, 4.69) is 0 Å². The van der Waals surface area contributed by atoms with Crippen molar-refractivity contribution in [3.8, 4) is 0 Å². The van der Waals surface area contributed by atoms with Gasteiger partial charge in [0.15, 0.2) is 0 Å². The molecule has 1 aliphatic carbocycles. The van der Waals surface area contributed by atoms with Gasteiger partial charge in [-0.25, -0.2) is 0 Å². The summed E-state index contributed by atoms with van der Waals surface area (Å²) >= 11 is 5.87. The Morgan fingerprint density at radius 3 is 2.27 bits per heavy atom. The molecule has 0 bridgehead atoms. The Bertz CT molecular complexity index is 377. The summed E-state index contributed by atoms with van der Waals surface area (Å²) in [6, 6.07) is 7.89. The van der Waals surface area contributed by atoms with Crippen molar-refractivity contribution in [1.29, 1.82) is 0 Å². The number of benzene rings is 1. The number of epoxide rings is 1. The van der Waals surface area contributed by atoms with Gasteiger partial charge in [0.25, 0.3) is 0 Å². The maximum absolute atomic E-state index is 5.87. The van der Waals surface area contributed by atoms with Gasteiger partial charge in [0.2, 0.25) is 0 Å². The molecule has 2 nitrogen and oxygen atoms in total. The summed E-state index contributed by atoms with van der Waals surface area (Å²) in [6.07, 6.45) is 2.18. The number of halogens is 1. The average molecular weight is 225 g/mol. The Balaban J connectivity index is 1.97. The summed E-state index contributed by atoms with van der Waals surface area (Å²) in [7, 11) is 1.77. The topological polar surface area (TPSA) is 21.8 Å². The highest BCUT2D eigenvalue weighted by Gasteiger charge is 2.69. The smallest absolute Gasteiger partial charge is 0.145 e. The molecular weight excluding hydrogens is 212 g/mol. The lowest BCUT2D eigenvalue weighted by atomic mass is 9.92. The third kappa shape index (κ3) is 1.25. The lowest BCUT2D eigenvalue weighted by Crippen LogP contribution is -2.31. The molecule has 1 aliphatic heterocycles. The van der Waals surface area contributed by atoms with Crippen LogP contribution in [0.2, 0.25) is 5.02 Å². The van der Waals surface area contributed by atoms with Crippen LogP contribution >= 0.6 is 11.6 Å². The molecule has 1 heterocycles. The van der Waals surface area contributed by atoms with Crippen molar-refractivity contribution in [2.75, 3.05) is 13.7 Å². The van der Waals surface area contributed by atoms with E-state index < -0.39 is 0 Å². The largest absolute Gasteiger partial charge is 0.375 e. The van der Waals surface area contributed by atoms with Gasteiger partial charge in [-0.15, -0.1) is 0 Å². The molecule has 3 heteroatoms. The van der Waals surface area contributed by atoms with Crippen molar-refractivity contribution < 1.29 is 9.47 Å². The molecule has 1 aromatic carbocycles. The number of methoxy groups -OCH3 is 1. The SMILES string of the molecule is COC1(C2(c3ccc(Cl)cc3)CO2)CC1. The molecule has 3 rings (SSSR count). The van der Waals surface area contributed by atoms with Crippen LogP contribution in [0.25, 0.3) is 0 Å². The molecule has 1 aromatic rings. The zero-order chi connectivity index (χ0) is 10.5. The van der Waals surface area contributed by atoms with Crippen LogP contribution in [0.15, 0.2) is 24.3 Å². The molecule has 1 unspecified atom stereocenters. The van der Waals surface area contributed by atoms with Crippen LogP contribution in [-0.2, 0) is 15.1 Å². The van der Waals surface area contributed by atoms with E-state index in [1.807, 2.05) is 24.3 Å². The normalized spacial score (nSPS) is 31.3. The van der Waals surface area contributed by atoms with Crippen LogP contribution < -0.4 is 0 Å². The summed E-state index contributed by atoms with van der Waals surface area (Å²) in [4.78, 5) is 0. The molecule has 15 heavy (non-hydrogen) atoms. The van der Waals surface area contributed by atoms with Gasteiger partial charge in [0, 0.05) is 12.1 Å². The molecule has 0 aromatic heterocycles. The molecule has 1 saturated heterocycles. The van der Waals surface area contributed by atoms with Crippen LogP contribution in [0.1, 0.15) is 18.4 Å². The minimum absolute atomic E-state index is 0.0686. The minimum atomic E-state index is -0.188. The Hall–Kier alpha value is -0.570. The van der Waals surface area contributed by atoms with Gasteiger partial charge in [0.1, 0.15) is 11.2 Å². The van der Waals surface area contributed by atoms with E-state index in [1.165, 1.54) is 5.56 Å². The van der Waals surface area contributed by atoms with Crippen LogP contribution in [0.3, 0.4) is 0 Å². The third-order valence-electron chi connectivity index (χ3n) is 3.57. The maximum Gasteiger partial charge on any atom is 0.145 e. The summed E-state index contributed by atoms with van der Waals surface area (Å²) in [6.45, 7) is 0.766. The fraction of sp³-hybridized carbons (Fsp3) is 0.500. The van der Waals surface area contributed by atoms with E-state index in [0.29, 0.717) is 0 Å². The third-order valence-corrected chi connectivity index (χ3v) is 3.83. The Morgan fingerprint density at radius 1 is 1.27 bits per heavy atom. The first-order chi connectivity index (χ1) is 7.22. The standard InChI is InChI=1S/C12H13ClO2/c1-14-11(6-7-11)12(8-15-12)9-2-4-10(13)5-3-9/h2-5H,6-8H2,1H3. The first-order valence-corrected chi connectivity index (χ1v) is 5.55.